The Morgan fingerprint density at radius 3 is 2.67 bits per heavy atom. The van der Waals surface area contributed by atoms with Gasteiger partial charge in [0.15, 0.2) is 0 Å². The maximum atomic E-state index is 12.6. The van der Waals surface area contributed by atoms with E-state index >= 15 is 0 Å². The maximum absolute atomic E-state index is 12.6. The fourth-order valence-corrected chi connectivity index (χ4v) is 2.74. The Bertz CT molecular complexity index is 300. The second-order valence-electron chi connectivity index (χ2n) is 5.22. The molecule has 0 aromatic rings. The Labute approximate surface area is 105 Å². The van der Waals surface area contributed by atoms with Crippen LogP contribution >= 0.6 is 0 Å². The number of alkyl halides is 3. The van der Waals surface area contributed by atoms with Gasteiger partial charge in [-0.3, -0.25) is 4.79 Å². The Morgan fingerprint density at radius 2 is 2.06 bits per heavy atom. The molecule has 0 spiro atoms. The highest BCUT2D eigenvalue weighted by molar-refractivity contribution is 5.77. The molecule has 1 amide bonds. The topological polar surface area (TPSA) is 32.3 Å². The molecule has 0 aromatic carbocycles. The van der Waals surface area contributed by atoms with Gasteiger partial charge in [-0.25, -0.2) is 0 Å². The molecule has 0 bridgehead atoms. The minimum absolute atomic E-state index is 0.136. The van der Waals surface area contributed by atoms with Gasteiger partial charge in [-0.15, -0.1) is 0 Å². The molecule has 2 saturated heterocycles. The summed E-state index contributed by atoms with van der Waals surface area (Å²) >= 11 is 0. The van der Waals surface area contributed by atoms with Gasteiger partial charge in [0.25, 0.3) is 0 Å². The number of nitrogens with zero attached hydrogens (tertiary/aromatic N) is 1. The normalized spacial score (nSPS) is 29.6. The van der Waals surface area contributed by atoms with Crippen molar-refractivity contribution in [3.05, 3.63) is 0 Å². The van der Waals surface area contributed by atoms with Crippen molar-refractivity contribution in [3.63, 3.8) is 0 Å². The molecule has 2 rings (SSSR count). The molecule has 2 fully saturated rings. The van der Waals surface area contributed by atoms with Crippen molar-refractivity contribution < 1.29 is 18.0 Å². The van der Waals surface area contributed by atoms with E-state index < -0.39 is 12.1 Å². The van der Waals surface area contributed by atoms with Crippen LogP contribution in [0.4, 0.5) is 13.2 Å². The number of carbonyl (C=O) groups excluding carboxylic acids is 1. The predicted molar refractivity (Wildman–Crippen MR) is 61.0 cm³/mol. The minimum atomic E-state index is -4.18. The Morgan fingerprint density at radius 1 is 1.28 bits per heavy atom. The van der Waals surface area contributed by atoms with Crippen LogP contribution in [0.2, 0.25) is 0 Å². The zero-order valence-electron chi connectivity index (χ0n) is 10.3. The van der Waals surface area contributed by atoms with Crippen molar-refractivity contribution in [1.82, 2.24) is 10.2 Å². The number of amides is 1. The highest BCUT2D eigenvalue weighted by Crippen LogP contribution is 2.33. The van der Waals surface area contributed by atoms with Gasteiger partial charge in [0.1, 0.15) is 0 Å². The summed E-state index contributed by atoms with van der Waals surface area (Å²) in [5.41, 5.74) is 0. The van der Waals surface area contributed by atoms with E-state index in [9.17, 15) is 18.0 Å². The van der Waals surface area contributed by atoms with Crippen molar-refractivity contribution >= 4 is 5.91 Å². The molecule has 1 N–H and O–H groups in total. The van der Waals surface area contributed by atoms with E-state index in [0.717, 1.165) is 19.4 Å². The van der Waals surface area contributed by atoms with Gasteiger partial charge in [0.2, 0.25) is 5.91 Å². The molecule has 2 heterocycles. The van der Waals surface area contributed by atoms with Gasteiger partial charge < -0.3 is 10.2 Å². The van der Waals surface area contributed by atoms with E-state index in [0.29, 0.717) is 19.4 Å². The van der Waals surface area contributed by atoms with Gasteiger partial charge in [-0.05, 0) is 32.2 Å². The smallest absolute Gasteiger partial charge is 0.342 e. The third-order valence-electron chi connectivity index (χ3n) is 3.82. The monoisotopic (exact) mass is 264 g/mol. The Hall–Kier alpha value is -0.780. The molecule has 3 nitrogen and oxygen atoms in total. The number of hydrogen-bond acceptors (Lipinski definition) is 2. The van der Waals surface area contributed by atoms with Crippen LogP contribution in [0.1, 0.15) is 32.1 Å². The predicted octanol–water partition coefficient (Wildman–Crippen LogP) is 1.93. The maximum Gasteiger partial charge on any atom is 0.393 e. The van der Waals surface area contributed by atoms with E-state index in [1.54, 1.807) is 0 Å². The van der Waals surface area contributed by atoms with Gasteiger partial charge in [-0.1, -0.05) is 0 Å². The fourth-order valence-electron chi connectivity index (χ4n) is 2.74. The molecule has 0 unspecified atom stereocenters. The van der Waals surface area contributed by atoms with Crippen LogP contribution in [0.5, 0.6) is 0 Å². The van der Waals surface area contributed by atoms with Crippen LogP contribution in [0.25, 0.3) is 0 Å². The number of hydrogen-bond donors (Lipinski definition) is 1. The first kappa shape index (κ1) is 13.6. The van der Waals surface area contributed by atoms with Crippen molar-refractivity contribution in [2.45, 2.75) is 44.3 Å². The second kappa shape index (κ2) is 5.47. The summed E-state index contributed by atoms with van der Waals surface area (Å²) in [6, 6.07) is 0.156. The quantitative estimate of drug-likeness (QED) is 0.826. The number of nitrogens with one attached hydrogen (secondary N) is 1. The zero-order valence-corrected chi connectivity index (χ0v) is 10.3. The molecule has 6 heteroatoms. The standard InChI is InChI=1S/C12H19F3N2O/c13-12(14,15)9-3-2-6-17(8-9)11(18)7-10-4-1-5-16-10/h9-10,16H,1-8H2/t9-,10+/m1/s1. The summed E-state index contributed by atoms with van der Waals surface area (Å²) in [5, 5.41) is 3.20. The van der Waals surface area contributed by atoms with Gasteiger partial charge in [-0.2, -0.15) is 13.2 Å². The summed E-state index contributed by atoms with van der Waals surface area (Å²) in [7, 11) is 0. The van der Waals surface area contributed by atoms with Crippen LogP contribution in [0.3, 0.4) is 0 Å². The first-order chi connectivity index (χ1) is 8.47. The average molecular weight is 264 g/mol. The molecular formula is C12H19F3N2O. The van der Waals surface area contributed by atoms with Crippen molar-refractivity contribution in [2.75, 3.05) is 19.6 Å². The van der Waals surface area contributed by atoms with Gasteiger partial charge >= 0.3 is 6.18 Å². The summed E-state index contributed by atoms with van der Waals surface area (Å²) < 4.78 is 37.9. The molecule has 104 valence electrons. The summed E-state index contributed by atoms with van der Waals surface area (Å²) in [6.45, 7) is 1.22. The highest BCUT2D eigenvalue weighted by Gasteiger charge is 2.42. The largest absolute Gasteiger partial charge is 0.393 e. The van der Waals surface area contributed by atoms with Gasteiger partial charge in [0, 0.05) is 25.6 Å². The van der Waals surface area contributed by atoms with E-state index in [2.05, 4.69) is 5.32 Å². The third-order valence-corrected chi connectivity index (χ3v) is 3.82. The fraction of sp³-hybridized carbons (Fsp3) is 0.917. The van der Waals surface area contributed by atoms with Crippen LogP contribution < -0.4 is 5.32 Å². The lowest BCUT2D eigenvalue weighted by Crippen LogP contribution is -2.45. The molecule has 0 saturated carbocycles. The van der Waals surface area contributed by atoms with Crippen LogP contribution in [0, 0.1) is 5.92 Å². The van der Waals surface area contributed by atoms with E-state index in [1.807, 2.05) is 0 Å². The number of piperidine rings is 1. The molecule has 18 heavy (non-hydrogen) atoms. The first-order valence-electron chi connectivity index (χ1n) is 6.54. The second-order valence-corrected chi connectivity index (χ2v) is 5.22. The summed E-state index contributed by atoms with van der Waals surface area (Å²) in [6.07, 6.45) is -1.25. The Balaban J connectivity index is 1.86. The molecule has 0 radical (unpaired) electrons. The van der Waals surface area contributed by atoms with Crippen molar-refractivity contribution in [1.29, 1.82) is 0 Å². The van der Waals surface area contributed by atoms with Crippen LogP contribution in [-0.2, 0) is 4.79 Å². The number of likely N-dealkylation sites (tertiary alicyclic amines) is 1. The lowest BCUT2D eigenvalue weighted by molar-refractivity contribution is -0.188. The van der Waals surface area contributed by atoms with Crippen LogP contribution in [-0.4, -0.2) is 42.7 Å². The molecule has 2 aliphatic heterocycles. The summed E-state index contributed by atoms with van der Waals surface area (Å²) in [4.78, 5) is 13.3. The van der Waals surface area contributed by atoms with E-state index in [1.165, 1.54) is 4.90 Å². The van der Waals surface area contributed by atoms with Crippen molar-refractivity contribution in [2.24, 2.45) is 5.92 Å². The SMILES string of the molecule is O=C(C[C@@H]1CCCN1)N1CCC[C@@H](C(F)(F)F)C1. The summed E-state index contributed by atoms with van der Waals surface area (Å²) in [5.74, 6) is -1.48. The number of halogens is 3. The van der Waals surface area contributed by atoms with Gasteiger partial charge in [0.05, 0.1) is 5.92 Å². The third kappa shape index (κ3) is 3.37. The number of rotatable bonds is 2. The minimum Gasteiger partial charge on any atom is -0.342 e. The Kier molecular flexibility index (Phi) is 4.14. The average Bonchev–Trinajstić information content (AvgIpc) is 2.81. The molecule has 0 aliphatic carbocycles. The molecule has 0 aromatic heterocycles. The first-order valence-corrected chi connectivity index (χ1v) is 6.54. The highest BCUT2D eigenvalue weighted by atomic mass is 19.4. The van der Waals surface area contributed by atoms with Crippen molar-refractivity contribution in [3.8, 4) is 0 Å². The zero-order chi connectivity index (χ0) is 13.2. The lowest BCUT2D eigenvalue weighted by Gasteiger charge is -2.34. The van der Waals surface area contributed by atoms with Crippen LogP contribution in [0.15, 0.2) is 0 Å². The van der Waals surface area contributed by atoms with E-state index in [4.69, 9.17) is 0 Å². The molecule has 2 atom stereocenters. The van der Waals surface area contributed by atoms with E-state index in [-0.39, 0.29) is 24.9 Å². The number of carbonyl (C=O) groups is 1. The molecular weight excluding hydrogens is 245 g/mol. The molecule has 2 aliphatic rings. The lowest BCUT2D eigenvalue weighted by atomic mass is 9.97.